The molecule has 0 aromatic heterocycles. The van der Waals surface area contributed by atoms with Crippen molar-refractivity contribution >= 4 is 5.97 Å². The second kappa shape index (κ2) is 5.37. The van der Waals surface area contributed by atoms with Gasteiger partial charge in [0.25, 0.3) is 0 Å². The van der Waals surface area contributed by atoms with Crippen LogP contribution in [-0.4, -0.2) is 13.1 Å². The van der Waals surface area contributed by atoms with E-state index in [1.165, 1.54) is 18.2 Å². The fourth-order valence-corrected chi connectivity index (χ4v) is 1.38. The van der Waals surface area contributed by atoms with E-state index in [2.05, 4.69) is 42.6 Å². The van der Waals surface area contributed by atoms with Crippen LogP contribution in [0.2, 0.25) is 0 Å². The molecule has 0 aliphatic carbocycles. The molecule has 0 saturated heterocycles. The second-order valence-corrected chi connectivity index (χ2v) is 3.81. The molecule has 0 spiro atoms. The lowest BCUT2D eigenvalue weighted by molar-refractivity contribution is -0.139. The van der Waals surface area contributed by atoms with Crippen LogP contribution in [0.25, 0.3) is 0 Å². The number of hydrogen-bond acceptors (Lipinski definition) is 2. The van der Waals surface area contributed by atoms with Crippen molar-refractivity contribution in [2.75, 3.05) is 7.11 Å². The van der Waals surface area contributed by atoms with E-state index < -0.39 is 0 Å². The molecule has 0 amide bonds. The van der Waals surface area contributed by atoms with E-state index in [-0.39, 0.29) is 12.4 Å². The molecule has 1 rings (SSSR count). The molecule has 1 aromatic carbocycles. The molecule has 84 valence electrons. The molecular formula is C14H16O2. The van der Waals surface area contributed by atoms with E-state index in [9.17, 15) is 4.79 Å². The van der Waals surface area contributed by atoms with E-state index in [0.717, 1.165) is 11.1 Å². The first-order valence-corrected chi connectivity index (χ1v) is 5.18. The number of hydrogen-bond donors (Lipinski definition) is 0. The molecule has 16 heavy (non-hydrogen) atoms. The lowest BCUT2D eigenvalue weighted by Crippen LogP contribution is -1.97. The Hall–Kier alpha value is -1.75. The third kappa shape index (κ3) is 3.13. The highest BCUT2D eigenvalue weighted by molar-refractivity contribution is 5.72. The fourth-order valence-electron chi connectivity index (χ4n) is 1.38. The molecule has 0 unspecified atom stereocenters. The average molecular weight is 216 g/mol. The highest BCUT2D eigenvalue weighted by Gasteiger charge is 1.99. The van der Waals surface area contributed by atoms with Crippen molar-refractivity contribution in [2.45, 2.75) is 27.2 Å². The standard InChI is InChI=1S/C14H16O2/c1-10-8-12(3)13(9-11(10)2)6-5-7-14(15)16-4/h8-9H,7H2,1-4H3. The molecule has 0 aliphatic rings. The van der Waals surface area contributed by atoms with Crippen LogP contribution in [-0.2, 0) is 9.53 Å². The molecule has 0 fully saturated rings. The van der Waals surface area contributed by atoms with Crippen molar-refractivity contribution in [3.8, 4) is 11.8 Å². The van der Waals surface area contributed by atoms with Crippen molar-refractivity contribution in [3.05, 3.63) is 34.4 Å². The van der Waals surface area contributed by atoms with Crippen LogP contribution in [0.15, 0.2) is 12.1 Å². The maximum atomic E-state index is 10.9. The number of ether oxygens (including phenoxy) is 1. The normalized spacial score (nSPS) is 9.25. The van der Waals surface area contributed by atoms with E-state index in [1.807, 2.05) is 6.92 Å². The highest BCUT2D eigenvalue weighted by atomic mass is 16.5. The van der Waals surface area contributed by atoms with Crippen molar-refractivity contribution < 1.29 is 9.53 Å². The van der Waals surface area contributed by atoms with Crippen molar-refractivity contribution in [3.63, 3.8) is 0 Å². The topological polar surface area (TPSA) is 26.3 Å². The maximum absolute atomic E-state index is 10.9. The van der Waals surface area contributed by atoms with Gasteiger partial charge in [0.2, 0.25) is 0 Å². The lowest BCUT2D eigenvalue weighted by Gasteiger charge is -2.04. The number of benzene rings is 1. The monoisotopic (exact) mass is 216 g/mol. The Kier molecular flexibility index (Phi) is 4.13. The second-order valence-electron chi connectivity index (χ2n) is 3.81. The van der Waals surface area contributed by atoms with Gasteiger partial charge in [-0.1, -0.05) is 17.9 Å². The zero-order chi connectivity index (χ0) is 12.1. The minimum absolute atomic E-state index is 0.142. The summed E-state index contributed by atoms with van der Waals surface area (Å²) in [5, 5.41) is 0. The third-order valence-corrected chi connectivity index (χ3v) is 2.52. The van der Waals surface area contributed by atoms with Gasteiger partial charge in [-0.2, -0.15) is 0 Å². The minimum atomic E-state index is -0.297. The number of carbonyl (C=O) groups excluding carboxylic acids is 1. The van der Waals surface area contributed by atoms with E-state index >= 15 is 0 Å². The quantitative estimate of drug-likeness (QED) is 0.532. The maximum Gasteiger partial charge on any atom is 0.317 e. The summed E-state index contributed by atoms with van der Waals surface area (Å²) >= 11 is 0. The van der Waals surface area contributed by atoms with Crippen LogP contribution in [0.4, 0.5) is 0 Å². The molecule has 0 saturated carbocycles. The summed E-state index contributed by atoms with van der Waals surface area (Å²) in [7, 11) is 1.37. The smallest absolute Gasteiger partial charge is 0.317 e. The summed E-state index contributed by atoms with van der Waals surface area (Å²) in [6, 6.07) is 4.16. The number of aryl methyl sites for hydroxylation is 3. The molecule has 0 atom stereocenters. The summed E-state index contributed by atoms with van der Waals surface area (Å²) in [4.78, 5) is 10.9. The molecule has 0 bridgehead atoms. The number of carbonyl (C=O) groups is 1. The van der Waals surface area contributed by atoms with Gasteiger partial charge in [0.05, 0.1) is 7.11 Å². The summed E-state index contributed by atoms with van der Waals surface area (Å²) < 4.78 is 4.52. The number of methoxy groups -OCH3 is 1. The summed E-state index contributed by atoms with van der Waals surface area (Å²) in [6.45, 7) is 6.16. The summed E-state index contributed by atoms with van der Waals surface area (Å²) in [5.74, 6) is 5.51. The molecule has 0 aliphatic heterocycles. The highest BCUT2D eigenvalue weighted by Crippen LogP contribution is 2.14. The van der Waals surface area contributed by atoms with Crippen molar-refractivity contribution in [1.82, 2.24) is 0 Å². The van der Waals surface area contributed by atoms with E-state index in [1.54, 1.807) is 0 Å². The van der Waals surface area contributed by atoms with Gasteiger partial charge in [-0.3, -0.25) is 4.79 Å². The van der Waals surface area contributed by atoms with Crippen LogP contribution in [0.3, 0.4) is 0 Å². The summed E-state index contributed by atoms with van der Waals surface area (Å²) in [5.41, 5.74) is 4.59. The molecule has 0 radical (unpaired) electrons. The predicted molar refractivity (Wildman–Crippen MR) is 64.2 cm³/mol. The Morgan fingerprint density at radius 2 is 1.81 bits per heavy atom. The van der Waals surface area contributed by atoms with Gasteiger partial charge in [0, 0.05) is 5.56 Å². The summed E-state index contributed by atoms with van der Waals surface area (Å²) in [6.07, 6.45) is 0.142. The van der Waals surface area contributed by atoms with Gasteiger partial charge < -0.3 is 4.74 Å². The molecule has 2 heteroatoms. The van der Waals surface area contributed by atoms with Gasteiger partial charge in [0.1, 0.15) is 6.42 Å². The first-order valence-electron chi connectivity index (χ1n) is 5.18. The SMILES string of the molecule is COC(=O)CC#Cc1cc(C)c(C)cc1C. The molecule has 2 nitrogen and oxygen atoms in total. The number of rotatable bonds is 1. The first kappa shape index (κ1) is 12.3. The first-order chi connectivity index (χ1) is 7.54. The van der Waals surface area contributed by atoms with Crippen LogP contribution >= 0.6 is 0 Å². The Morgan fingerprint density at radius 1 is 1.19 bits per heavy atom. The van der Waals surface area contributed by atoms with Crippen LogP contribution in [0, 0.1) is 32.6 Å². The van der Waals surface area contributed by atoms with Crippen molar-refractivity contribution in [1.29, 1.82) is 0 Å². The van der Waals surface area contributed by atoms with E-state index in [0.29, 0.717) is 0 Å². The van der Waals surface area contributed by atoms with Crippen LogP contribution in [0.5, 0.6) is 0 Å². The Bertz CT molecular complexity index is 462. The van der Waals surface area contributed by atoms with Gasteiger partial charge in [-0.25, -0.2) is 0 Å². The van der Waals surface area contributed by atoms with Crippen molar-refractivity contribution in [2.24, 2.45) is 0 Å². The molecule has 0 N–H and O–H groups in total. The zero-order valence-electron chi connectivity index (χ0n) is 10.2. The molecule has 1 aromatic rings. The Labute approximate surface area is 96.6 Å². The van der Waals surface area contributed by atoms with Gasteiger partial charge in [-0.05, 0) is 43.5 Å². The number of esters is 1. The predicted octanol–water partition coefficient (Wildman–Crippen LogP) is 2.53. The Morgan fingerprint density at radius 3 is 2.44 bits per heavy atom. The van der Waals surface area contributed by atoms with Crippen LogP contribution in [0.1, 0.15) is 28.7 Å². The third-order valence-electron chi connectivity index (χ3n) is 2.52. The largest absolute Gasteiger partial charge is 0.468 e. The molecular weight excluding hydrogens is 200 g/mol. The van der Waals surface area contributed by atoms with Gasteiger partial charge in [0.15, 0.2) is 0 Å². The Balaban J connectivity index is 2.89. The van der Waals surface area contributed by atoms with E-state index in [4.69, 9.17) is 0 Å². The molecule has 0 heterocycles. The fraction of sp³-hybridized carbons (Fsp3) is 0.357. The van der Waals surface area contributed by atoms with Gasteiger partial charge >= 0.3 is 5.97 Å². The van der Waals surface area contributed by atoms with Crippen LogP contribution < -0.4 is 0 Å². The van der Waals surface area contributed by atoms with Gasteiger partial charge in [-0.15, -0.1) is 0 Å². The zero-order valence-corrected chi connectivity index (χ0v) is 10.2. The average Bonchev–Trinajstić information content (AvgIpc) is 2.25. The lowest BCUT2D eigenvalue weighted by atomic mass is 10.0. The minimum Gasteiger partial charge on any atom is -0.468 e.